The number of nitrogens with one attached hydrogen (secondary N) is 1. The lowest BCUT2D eigenvalue weighted by Gasteiger charge is -2.42. The molecule has 140 valence electrons. The van der Waals surface area contributed by atoms with Crippen molar-refractivity contribution in [1.82, 2.24) is 10.4 Å². The Morgan fingerprint density at radius 2 is 1.92 bits per heavy atom. The summed E-state index contributed by atoms with van der Waals surface area (Å²) in [5, 5.41) is 2.00. The third kappa shape index (κ3) is 3.28. The number of carbonyl (C=O) groups is 2. The molecular weight excluding hydrogens is 316 g/mol. The SMILES string of the molecule is CCOC1(C)C(=O)C2=C(CCCC2)N1NC1CCCCC1C(=O)CC. The van der Waals surface area contributed by atoms with E-state index < -0.39 is 5.72 Å². The number of hydrogen-bond acceptors (Lipinski definition) is 5. The molecule has 0 aromatic rings. The van der Waals surface area contributed by atoms with Crippen molar-refractivity contribution in [1.29, 1.82) is 0 Å². The summed E-state index contributed by atoms with van der Waals surface area (Å²) in [7, 11) is 0. The van der Waals surface area contributed by atoms with Gasteiger partial charge in [-0.3, -0.25) is 14.6 Å². The van der Waals surface area contributed by atoms with Crippen LogP contribution in [0.4, 0.5) is 0 Å². The summed E-state index contributed by atoms with van der Waals surface area (Å²) in [5.41, 5.74) is 4.66. The van der Waals surface area contributed by atoms with Crippen LogP contribution in [0.2, 0.25) is 0 Å². The van der Waals surface area contributed by atoms with Gasteiger partial charge in [-0.05, 0) is 52.4 Å². The van der Waals surface area contributed by atoms with Gasteiger partial charge in [-0.1, -0.05) is 19.8 Å². The van der Waals surface area contributed by atoms with Crippen LogP contribution in [0.5, 0.6) is 0 Å². The van der Waals surface area contributed by atoms with E-state index in [1.807, 2.05) is 25.8 Å². The molecule has 1 fully saturated rings. The van der Waals surface area contributed by atoms with Crippen LogP contribution in [0.25, 0.3) is 0 Å². The van der Waals surface area contributed by atoms with Crippen molar-refractivity contribution in [2.75, 3.05) is 6.61 Å². The fourth-order valence-corrected chi connectivity index (χ4v) is 4.73. The van der Waals surface area contributed by atoms with Crippen molar-refractivity contribution in [2.24, 2.45) is 5.92 Å². The van der Waals surface area contributed by atoms with E-state index in [2.05, 4.69) is 5.43 Å². The van der Waals surface area contributed by atoms with Crippen LogP contribution in [0.15, 0.2) is 11.3 Å². The Morgan fingerprint density at radius 3 is 2.64 bits per heavy atom. The number of hydrazine groups is 1. The van der Waals surface area contributed by atoms with Gasteiger partial charge in [-0.15, -0.1) is 0 Å². The molecule has 25 heavy (non-hydrogen) atoms. The second kappa shape index (κ2) is 7.58. The van der Waals surface area contributed by atoms with Crippen LogP contribution in [0.3, 0.4) is 0 Å². The van der Waals surface area contributed by atoms with Crippen molar-refractivity contribution < 1.29 is 14.3 Å². The first-order chi connectivity index (χ1) is 12.0. The Hall–Kier alpha value is -1.20. The number of ether oxygens (including phenoxy) is 1. The van der Waals surface area contributed by atoms with Gasteiger partial charge in [-0.25, -0.2) is 5.43 Å². The van der Waals surface area contributed by atoms with Gasteiger partial charge < -0.3 is 4.74 Å². The maximum Gasteiger partial charge on any atom is 0.215 e. The van der Waals surface area contributed by atoms with Gasteiger partial charge in [0.15, 0.2) is 0 Å². The molecule has 0 amide bonds. The summed E-state index contributed by atoms with van der Waals surface area (Å²) in [4.78, 5) is 25.5. The fraction of sp³-hybridized carbons (Fsp3) is 0.800. The van der Waals surface area contributed by atoms with E-state index in [-0.39, 0.29) is 17.7 Å². The number of carbonyl (C=O) groups excluding carboxylic acids is 2. The second-order valence-electron chi connectivity index (χ2n) is 7.66. The van der Waals surface area contributed by atoms with Crippen molar-refractivity contribution in [2.45, 2.75) is 90.3 Å². The smallest absolute Gasteiger partial charge is 0.215 e. The Morgan fingerprint density at radius 1 is 1.20 bits per heavy atom. The van der Waals surface area contributed by atoms with Crippen LogP contribution in [0, 0.1) is 5.92 Å². The second-order valence-corrected chi connectivity index (χ2v) is 7.66. The lowest BCUT2D eigenvalue weighted by atomic mass is 9.81. The quantitative estimate of drug-likeness (QED) is 0.796. The standard InChI is InChI=1S/C20H32N2O3/c1-4-18(23)14-10-6-8-12-16(14)21-22-17-13-9-7-11-15(17)19(24)20(22,3)25-5-2/h14,16,21H,4-13H2,1-3H3. The monoisotopic (exact) mass is 348 g/mol. The molecule has 3 rings (SSSR count). The number of allylic oxidation sites excluding steroid dienone is 1. The maximum absolute atomic E-state index is 13.0. The number of ketones is 2. The molecule has 3 unspecified atom stereocenters. The number of nitrogens with zero attached hydrogens (tertiary/aromatic N) is 1. The molecule has 2 aliphatic carbocycles. The van der Waals surface area contributed by atoms with Crippen molar-refractivity contribution >= 4 is 11.6 Å². The van der Waals surface area contributed by atoms with Gasteiger partial charge in [0, 0.05) is 36.3 Å². The first-order valence-corrected chi connectivity index (χ1v) is 10.0. The van der Waals surface area contributed by atoms with Crippen LogP contribution in [0.1, 0.15) is 78.6 Å². The van der Waals surface area contributed by atoms with E-state index >= 15 is 0 Å². The number of rotatable bonds is 6. The van der Waals surface area contributed by atoms with Gasteiger partial charge in [0.25, 0.3) is 0 Å². The molecule has 3 aliphatic rings. The third-order valence-electron chi connectivity index (χ3n) is 6.08. The van der Waals surface area contributed by atoms with Crippen LogP contribution in [-0.2, 0) is 14.3 Å². The first-order valence-electron chi connectivity index (χ1n) is 10.0. The zero-order chi connectivity index (χ0) is 18.0. The van der Waals surface area contributed by atoms with Gasteiger partial charge >= 0.3 is 0 Å². The molecule has 0 aromatic carbocycles. The van der Waals surface area contributed by atoms with E-state index in [0.29, 0.717) is 18.8 Å². The zero-order valence-electron chi connectivity index (χ0n) is 15.9. The van der Waals surface area contributed by atoms with E-state index in [1.54, 1.807) is 0 Å². The minimum Gasteiger partial charge on any atom is -0.348 e. The summed E-state index contributed by atoms with van der Waals surface area (Å²) >= 11 is 0. The van der Waals surface area contributed by atoms with E-state index in [1.165, 1.54) is 0 Å². The average Bonchev–Trinajstić information content (AvgIpc) is 2.84. The van der Waals surface area contributed by atoms with Crippen molar-refractivity contribution in [3.63, 3.8) is 0 Å². The third-order valence-corrected chi connectivity index (χ3v) is 6.08. The molecule has 5 heteroatoms. The zero-order valence-corrected chi connectivity index (χ0v) is 15.9. The molecule has 0 aromatic heterocycles. The molecule has 1 saturated carbocycles. The Labute approximate surface area is 151 Å². The molecule has 0 radical (unpaired) electrons. The van der Waals surface area contributed by atoms with Gasteiger partial charge in [0.1, 0.15) is 5.78 Å². The van der Waals surface area contributed by atoms with Crippen molar-refractivity contribution in [3.8, 4) is 0 Å². The molecule has 0 bridgehead atoms. The fourth-order valence-electron chi connectivity index (χ4n) is 4.73. The Balaban J connectivity index is 1.87. The summed E-state index contributed by atoms with van der Waals surface area (Å²) in [6.45, 7) is 6.24. The van der Waals surface area contributed by atoms with E-state index in [0.717, 1.165) is 62.6 Å². The predicted octanol–water partition coefficient (Wildman–Crippen LogP) is 3.49. The summed E-state index contributed by atoms with van der Waals surface area (Å²) in [6, 6.07) is 0.0996. The molecule has 1 N–H and O–H groups in total. The van der Waals surface area contributed by atoms with Crippen LogP contribution < -0.4 is 5.43 Å². The lowest BCUT2D eigenvalue weighted by Crippen LogP contribution is -2.60. The number of Topliss-reactive ketones (excluding diaryl/α,β-unsaturated/α-hetero) is 2. The normalized spacial score (nSPS) is 32.9. The summed E-state index contributed by atoms with van der Waals surface area (Å²) < 4.78 is 5.96. The highest BCUT2D eigenvalue weighted by molar-refractivity contribution is 6.04. The molecule has 1 aliphatic heterocycles. The minimum absolute atomic E-state index is 0.0490. The van der Waals surface area contributed by atoms with Gasteiger partial charge in [0.05, 0.1) is 0 Å². The number of hydrogen-bond donors (Lipinski definition) is 1. The maximum atomic E-state index is 13.0. The highest BCUT2D eigenvalue weighted by Crippen LogP contribution is 2.42. The van der Waals surface area contributed by atoms with Crippen molar-refractivity contribution in [3.05, 3.63) is 11.3 Å². The molecule has 0 spiro atoms. The van der Waals surface area contributed by atoms with Crippen LogP contribution in [-0.4, -0.2) is 34.9 Å². The summed E-state index contributed by atoms with van der Waals surface area (Å²) in [6.07, 6.45) is 8.68. The van der Waals surface area contributed by atoms with E-state index in [4.69, 9.17) is 4.74 Å². The lowest BCUT2D eigenvalue weighted by molar-refractivity contribution is -0.167. The predicted molar refractivity (Wildman–Crippen MR) is 96.6 cm³/mol. The Bertz CT molecular complexity index is 571. The van der Waals surface area contributed by atoms with Gasteiger partial charge in [0.2, 0.25) is 11.5 Å². The molecule has 5 nitrogen and oxygen atoms in total. The van der Waals surface area contributed by atoms with E-state index in [9.17, 15) is 9.59 Å². The minimum atomic E-state index is -0.971. The van der Waals surface area contributed by atoms with Crippen LogP contribution >= 0.6 is 0 Å². The first kappa shape index (κ1) is 18.6. The Kier molecular flexibility index (Phi) is 5.64. The summed E-state index contributed by atoms with van der Waals surface area (Å²) in [5.74, 6) is 0.484. The highest BCUT2D eigenvalue weighted by atomic mass is 16.5. The topological polar surface area (TPSA) is 58.6 Å². The molecule has 3 atom stereocenters. The molecule has 0 saturated heterocycles. The van der Waals surface area contributed by atoms with Gasteiger partial charge in [-0.2, -0.15) is 0 Å². The highest BCUT2D eigenvalue weighted by Gasteiger charge is 2.51. The molecule has 1 heterocycles. The molecular formula is C20H32N2O3. The average molecular weight is 348 g/mol. The largest absolute Gasteiger partial charge is 0.348 e.